The Morgan fingerprint density at radius 2 is 1.94 bits per heavy atom. The van der Waals surface area contributed by atoms with Crippen LogP contribution >= 0.6 is 15.9 Å². The van der Waals surface area contributed by atoms with Crippen LogP contribution in [0.4, 0.5) is 0 Å². The van der Waals surface area contributed by atoms with Crippen molar-refractivity contribution in [2.24, 2.45) is 0 Å². The minimum Gasteiger partial charge on any atom is -0.478 e. The standard InChI is InChI=1S/C12H8BrNO3/c13-8-1-2-11(10(7-8)12(15)16)17-9-3-5-14-6-4-9/h1-7H,(H,15,16). The van der Waals surface area contributed by atoms with Gasteiger partial charge in [0.05, 0.1) is 0 Å². The molecule has 0 aliphatic heterocycles. The van der Waals surface area contributed by atoms with E-state index >= 15 is 0 Å². The van der Waals surface area contributed by atoms with Crippen molar-refractivity contribution in [2.45, 2.75) is 0 Å². The zero-order chi connectivity index (χ0) is 12.3. The first-order chi connectivity index (χ1) is 8.16. The van der Waals surface area contributed by atoms with Gasteiger partial charge in [-0.05, 0) is 30.3 Å². The monoisotopic (exact) mass is 293 g/mol. The summed E-state index contributed by atoms with van der Waals surface area (Å²) in [5, 5.41) is 9.05. The smallest absolute Gasteiger partial charge is 0.339 e. The van der Waals surface area contributed by atoms with E-state index in [-0.39, 0.29) is 5.56 Å². The van der Waals surface area contributed by atoms with Crippen molar-refractivity contribution in [1.82, 2.24) is 4.98 Å². The maximum atomic E-state index is 11.1. The molecule has 0 bridgehead atoms. The molecule has 0 saturated carbocycles. The maximum Gasteiger partial charge on any atom is 0.339 e. The Morgan fingerprint density at radius 1 is 1.24 bits per heavy atom. The second kappa shape index (κ2) is 4.97. The van der Waals surface area contributed by atoms with Gasteiger partial charge in [-0.3, -0.25) is 4.98 Å². The van der Waals surface area contributed by atoms with Gasteiger partial charge in [0.25, 0.3) is 0 Å². The molecule has 0 radical (unpaired) electrons. The van der Waals surface area contributed by atoms with Crippen molar-refractivity contribution in [3.8, 4) is 11.5 Å². The molecule has 0 saturated heterocycles. The molecule has 86 valence electrons. The highest BCUT2D eigenvalue weighted by Gasteiger charge is 2.12. The van der Waals surface area contributed by atoms with Crippen LogP contribution in [0.1, 0.15) is 10.4 Å². The van der Waals surface area contributed by atoms with Crippen molar-refractivity contribution in [2.75, 3.05) is 0 Å². The number of carboxylic acid groups (broad SMARTS) is 1. The Kier molecular flexibility index (Phi) is 3.39. The summed E-state index contributed by atoms with van der Waals surface area (Å²) in [6.07, 6.45) is 3.16. The van der Waals surface area contributed by atoms with Crippen LogP contribution in [0.15, 0.2) is 47.2 Å². The summed E-state index contributed by atoms with van der Waals surface area (Å²) in [7, 11) is 0. The molecule has 0 aliphatic carbocycles. The fourth-order valence-electron chi connectivity index (χ4n) is 1.29. The third-order valence-electron chi connectivity index (χ3n) is 2.05. The van der Waals surface area contributed by atoms with Gasteiger partial charge in [-0.15, -0.1) is 0 Å². The van der Waals surface area contributed by atoms with Gasteiger partial charge in [0, 0.05) is 16.9 Å². The van der Waals surface area contributed by atoms with Gasteiger partial charge in [0.15, 0.2) is 0 Å². The topological polar surface area (TPSA) is 59.4 Å². The first-order valence-electron chi connectivity index (χ1n) is 4.77. The maximum absolute atomic E-state index is 11.1. The summed E-state index contributed by atoms with van der Waals surface area (Å²) < 4.78 is 6.18. The lowest BCUT2D eigenvalue weighted by Gasteiger charge is -2.08. The van der Waals surface area contributed by atoms with Crippen LogP contribution < -0.4 is 4.74 Å². The van der Waals surface area contributed by atoms with Crippen molar-refractivity contribution < 1.29 is 14.6 Å². The predicted octanol–water partition coefficient (Wildman–Crippen LogP) is 3.33. The third kappa shape index (κ3) is 2.82. The summed E-state index contributed by atoms with van der Waals surface area (Å²) in [4.78, 5) is 14.9. The highest BCUT2D eigenvalue weighted by molar-refractivity contribution is 9.10. The molecule has 5 heteroatoms. The van der Waals surface area contributed by atoms with E-state index in [0.29, 0.717) is 16.0 Å². The molecule has 17 heavy (non-hydrogen) atoms. The van der Waals surface area contributed by atoms with Gasteiger partial charge in [0.2, 0.25) is 0 Å². The Labute approximate surface area is 106 Å². The molecule has 1 N–H and O–H groups in total. The van der Waals surface area contributed by atoms with Crippen molar-refractivity contribution >= 4 is 21.9 Å². The largest absolute Gasteiger partial charge is 0.478 e. The summed E-state index contributed by atoms with van der Waals surface area (Å²) in [6, 6.07) is 8.15. The van der Waals surface area contributed by atoms with Gasteiger partial charge < -0.3 is 9.84 Å². The number of aromatic nitrogens is 1. The summed E-state index contributed by atoms with van der Waals surface area (Å²) in [5.41, 5.74) is 0.108. The number of hydrogen-bond donors (Lipinski definition) is 1. The quantitative estimate of drug-likeness (QED) is 0.943. The number of nitrogens with zero attached hydrogens (tertiary/aromatic N) is 1. The first kappa shape index (κ1) is 11.6. The number of benzene rings is 1. The molecule has 1 heterocycles. The lowest BCUT2D eigenvalue weighted by Crippen LogP contribution is -2.00. The molecule has 0 unspecified atom stereocenters. The molecule has 0 amide bonds. The zero-order valence-corrected chi connectivity index (χ0v) is 10.2. The average Bonchev–Trinajstić information content (AvgIpc) is 2.32. The number of pyridine rings is 1. The number of hydrogen-bond acceptors (Lipinski definition) is 3. The molecule has 0 aliphatic rings. The lowest BCUT2D eigenvalue weighted by molar-refractivity contribution is 0.0694. The summed E-state index contributed by atoms with van der Waals surface area (Å²) in [5.74, 6) is -0.188. The van der Waals surface area contributed by atoms with Crippen LogP contribution in [0, 0.1) is 0 Å². The third-order valence-corrected chi connectivity index (χ3v) is 2.54. The van der Waals surface area contributed by atoms with E-state index in [1.165, 1.54) is 6.07 Å². The molecule has 0 spiro atoms. The number of halogens is 1. The fourth-order valence-corrected chi connectivity index (χ4v) is 1.65. The van der Waals surface area contributed by atoms with E-state index in [0.717, 1.165) is 0 Å². The molecule has 4 nitrogen and oxygen atoms in total. The second-order valence-electron chi connectivity index (χ2n) is 3.23. The SMILES string of the molecule is O=C(O)c1cc(Br)ccc1Oc1ccncc1. The molecule has 2 rings (SSSR count). The van der Waals surface area contributed by atoms with Gasteiger partial charge in [-0.2, -0.15) is 0 Å². The Hall–Kier alpha value is -1.88. The molecular formula is C12H8BrNO3. The van der Waals surface area contributed by atoms with E-state index in [2.05, 4.69) is 20.9 Å². The number of carbonyl (C=O) groups is 1. The molecule has 1 aromatic heterocycles. The van der Waals surface area contributed by atoms with Crippen LogP contribution in [0.2, 0.25) is 0 Å². The van der Waals surface area contributed by atoms with E-state index in [4.69, 9.17) is 9.84 Å². The lowest BCUT2D eigenvalue weighted by atomic mass is 10.2. The molecule has 2 aromatic rings. The highest BCUT2D eigenvalue weighted by Crippen LogP contribution is 2.27. The van der Waals surface area contributed by atoms with Crippen molar-refractivity contribution in [3.63, 3.8) is 0 Å². The Balaban J connectivity index is 2.36. The minimum absolute atomic E-state index is 0.108. The Morgan fingerprint density at radius 3 is 2.59 bits per heavy atom. The second-order valence-corrected chi connectivity index (χ2v) is 4.15. The number of rotatable bonds is 3. The summed E-state index contributed by atoms with van der Waals surface area (Å²) >= 11 is 3.22. The molecule has 1 aromatic carbocycles. The van der Waals surface area contributed by atoms with Gasteiger partial charge in [-0.25, -0.2) is 4.79 Å². The van der Waals surface area contributed by atoms with Crippen LogP contribution in [-0.4, -0.2) is 16.1 Å². The van der Waals surface area contributed by atoms with Crippen LogP contribution in [-0.2, 0) is 0 Å². The van der Waals surface area contributed by atoms with Crippen molar-refractivity contribution in [3.05, 3.63) is 52.8 Å². The van der Waals surface area contributed by atoms with E-state index in [1.807, 2.05) is 0 Å². The van der Waals surface area contributed by atoms with E-state index < -0.39 is 5.97 Å². The average molecular weight is 294 g/mol. The fraction of sp³-hybridized carbons (Fsp3) is 0. The number of aromatic carboxylic acids is 1. The number of carboxylic acids is 1. The molecule has 0 atom stereocenters. The van der Waals surface area contributed by atoms with Crippen LogP contribution in [0.5, 0.6) is 11.5 Å². The zero-order valence-electron chi connectivity index (χ0n) is 8.63. The highest BCUT2D eigenvalue weighted by atomic mass is 79.9. The van der Waals surface area contributed by atoms with Crippen LogP contribution in [0.25, 0.3) is 0 Å². The molecular weight excluding hydrogens is 286 g/mol. The first-order valence-corrected chi connectivity index (χ1v) is 5.57. The normalized spacial score (nSPS) is 9.94. The Bertz CT molecular complexity index is 543. The van der Waals surface area contributed by atoms with Gasteiger partial charge >= 0.3 is 5.97 Å². The van der Waals surface area contributed by atoms with E-state index in [1.54, 1.807) is 36.7 Å². The molecule has 0 fully saturated rings. The van der Waals surface area contributed by atoms with Crippen LogP contribution in [0.3, 0.4) is 0 Å². The minimum atomic E-state index is -1.03. The van der Waals surface area contributed by atoms with E-state index in [9.17, 15) is 4.79 Å². The number of ether oxygens (including phenoxy) is 1. The van der Waals surface area contributed by atoms with Gasteiger partial charge in [-0.1, -0.05) is 15.9 Å². The predicted molar refractivity (Wildman–Crippen MR) is 65.4 cm³/mol. The van der Waals surface area contributed by atoms with Crippen molar-refractivity contribution in [1.29, 1.82) is 0 Å². The van der Waals surface area contributed by atoms with Gasteiger partial charge in [0.1, 0.15) is 17.1 Å². The summed E-state index contributed by atoms with van der Waals surface area (Å²) in [6.45, 7) is 0.